The van der Waals surface area contributed by atoms with Crippen molar-refractivity contribution in [1.29, 1.82) is 0 Å². The average molecular weight is 591 g/mol. The molecule has 6 nitrogen and oxygen atoms in total. The summed E-state index contributed by atoms with van der Waals surface area (Å²) in [5.74, 6) is -0.411. The van der Waals surface area contributed by atoms with Crippen molar-refractivity contribution in [1.82, 2.24) is 15.2 Å². The van der Waals surface area contributed by atoms with Crippen LogP contribution in [0.4, 0.5) is 13.2 Å². The fraction of sp³-hybridized carbons (Fsp3) is 0.310. The molecule has 3 aromatic rings. The van der Waals surface area contributed by atoms with E-state index in [1.54, 1.807) is 6.08 Å². The summed E-state index contributed by atoms with van der Waals surface area (Å²) in [6.07, 6.45) is 0.851. The summed E-state index contributed by atoms with van der Waals surface area (Å²) in [4.78, 5) is 17.9. The quantitative estimate of drug-likeness (QED) is 0.252. The van der Waals surface area contributed by atoms with Gasteiger partial charge in [0, 0.05) is 41.6 Å². The zero-order valence-electron chi connectivity index (χ0n) is 21.7. The molecule has 0 saturated carbocycles. The van der Waals surface area contributed by atoms with Crippen LogP contribution in [-0.4, -0.2) is 29.9 Å². The zero-order valence-corrected chi connectivity index (χ0v) is 23.2. The molecule has 0 saturated heterocycles. The van der Waals surface area contributed by atoms with Crippen LogP contribution in [0.15, 0.2) is 89.0 Å². The number of ether oxygens (including phenoxy) is 1. The van der Waals surface area contributed by atoms with Gasteiger partial charge in [-0.1, -0.05) is 60.1 Å². The second-order valence-corrected chi connectivity index (χ2v) is 10.5. The van der Waals surface area contributed by atoms with E-state index in [1.165, 1.54) is 23.5 Å². The lowest BCUT2D eigenvalue weighted by molar-refractivity contribution is -0.303. The third-order valence-corrected chi connectivity index (χ3v) is 7.33. The van der Waals surface area contributed by atoms with Crippen molar-refractivity contribution in [2.75, 3.05) is 13.1 Å². The Morgan fingerprint density at radius 1 is 1.12 bits per heavy atom. The first-order valence-corrected chi connectivity index (χ1v) is 14.1. The SMILES string of the molecule is O=C(CNCc1ccccc1)NCCCn1c(C2C=CC(OC(F)(F)F)=CC2)cs/c1=N\Cc1ccc(Cl)cc1. The van der Waals surface area contributed by atoms with Crippen LogP contribution in [-0.2, 0) is 29.2 Å². The second-order valence-electron chi connectivity index (χ2n) is 9.19. The van der Waals surface area contributed by atoms with Gasteiger partial charge < -0.3 is 19.9 Å². The Hall–Kier alpha value is -3.34. The number of nitrogens with one attached hydrogen (secondary N) is 2. The molecule has 0 radical (unpaired) electrons. The molecule has 2 N–H and O–H groups in total. The number of halogens is 4. The number of amides is 1. The minimum Gasteiger partial charge on any atom is -0.406 e. The topological polar surface area (TPSA) is 67.7 Å². The van der Waals surface area contributed by atoms with E-state index in [0.717, 1.165) is 21.6 Å². The monoisotopic (exact) mass is 590 g/mol. The number of hydrogen-bond acceptors (Lipinski definition) is 5. The van der Waals surface area contributed by atoms with E-state index in [-0.39, 0.29) is 24.1 Å². The van der Waals surface area contributed by atoms with Gasteiger partial charge in [0.1, 0.15) is 5.76 Å². The molecule has 1 heterocycles. The molecule has 0 aliphatic heterocycles. The van der Waals surface area contributed by atoms with Crippen molar-refractivity contribution in [3.8, 4) is 0 Å². The summed E-state index contributed by atoms with van der Waals surface area (Å²) in [6.45, 7) is 2.37. The summed E-state index contributed by atoms with van der Waals surface area (Å²) in [7, 11) is 0. The molecule has 1 aliphatic carbocycles. The van der Waals surface area contributed by atoms with Crippen LogP contribution >= 0.6 is 22.9 Å². The highest BCUT2D eigenvalue weighted by atomic mass is 35.5. The predicted molar refractivity (Wildman–Crippen MR) is 151 cm³/mol. The van der Waals surface area contributed by atoms with Crippen LogP contribution < -0.4 is 15.4 Å². The summed E-state index contributed by atoms with van der Waals surface area (Å²) < 4.78 is 43.9. The molecule has 1 unspecified atom stereocenters. The maximum absolute atomic E-state index is 12.6. The van der Waals surface area contributed by atoms with Crippen LogP contribution in [0.3, 0.4) is 0 Å². The Kier molecular flexibility index (Phi) is 10.6. The van der Waals surface area contributed by atoms with Gasteiger partial charge in [0.15, 0.2) is 4.80 Å². The summed E-state index contributed by atoms with van der Waals surface area (Å²) in [6, 6.07) is 17.3. The first-order chi connectivity index (χ1) is 19.3. The van der Waals surface area contributed by atoms with Crippen molar-refractivity contribution >= 4 is 28.8 Å². The lowest BCUT2D eigenvalue weighted by Gasteiger charge is -2.19. The third-order valence-electron chi connectivity index (χ3n) is 6.16. The van der Waals surface area contributed by atoms with Crippen molar-refractivity contribution in [3.05, 3.63) is 111 Å². The molecule has 0 bridgehead atoms. The van der Waals surface area contributed by atoms with E-state index >= 15 is 0 Å². The summed E-state index contributed by atoms with van der Waals surface area (Å²) >= 11 is 7.47. The van der Waals surface area contributed by atoms with Gasteiger partial charge >= 0.3 is 6.36 Å². The van der Waals surface area contributed by atoms with Crippen molar-refractivity contribution in [3.63, 3.8) is 0 Å². The highest BCUT2D eigenvalue weighted by molar-refractivity contribution is 7.07. The number of aromatic nitrogens is 1. The Morgan fingerprint density at radius 2 is 1.90 bits per heavy atom. The molecular weight excluding hydrogens is 561 g/mol. The van der Waals surface area contributed by atoms with Gasteiger partial charge in [0.05, 0.1) is 13.1 Å². The van der Waals surface area contributed by atoms with Gasteiger partial charge in [0.25, 0.3) is 0 Å². The Labute approximate surface area is 239 Å². The van der Waals surface area contributed by atoms with E-state index in [4.69, 9.17) is 16.6 Å². The number of carbonyl (C=O) groups excluding carboxylic acids is 1. The van der Waals surface area contributed by atoms with Crippen LogP contribution in [0.2, 0.25) is 5.02 Å². The van der Waals surface area contributed by atoms with Crippen molar-refractivity contribution in [2.45, 2.75) is 44.8 Å². The largest absolute Gasteiger partial charge is 0.573 e. The number of rotatable bonds is 12. The number of allylic oxidation sites excluding steroid dienone is 3. The molecule has 1 aromatic heterocycles. The Balaban J connectivity index is 1.37. The van der Waals surface area contributed by atoms with Gasteiger partial charge in [-0.15, -0.1) is 24.5 Å². The van der Waals surface area contributed by atoms with Crippen molar-refractivity contribution < 1.29 is 22.7 Å². The molecule has 40 heavy (non-hydrogen) atoms. The molecular formula is C29H30ClF3N4O2S. The highest BCUT2D eigenvalue weighted by Gasteiger charge is 2.32. The van der Waals surface area contributed by atoms with Crippen LogP contribution in [0, 0.1) is 0 Å². The fourth-order valence-electron chi connectivity index (χ4n) is 4.21. The zero-order chi connectivity index (χ0) is 28.4. The van der Waals surface area contributed by atoms with Crippen molar-refractivity contribution in [2.24, 2.45) is 4.99 Å². The van der Waals surface area contributed by atoms with Crippen LogP contribution in [0.5, 0.6) is 0 Å². The maximum Gasteiger partial charge on any atom is 0.573 e. The summed E-state index contributed by atoms with van der Waals surface area (Å²) in [5, 5.41) is 8.72. The van der Waals surface area contributed by atoms with Crippen LogP contribution in [0.1, 0.15) is 35.6 Å². The number of nitrogens with zero attached hydrogens (tertiary/aromatic N) is 2. The third kappa shape index (κ3) is 9.39. The van der Waals surface area contributed by atoms with E-state index in [2.05, 4.69) is 19.9 Å². The Bertz CT molecular complexity index is 1380. The number of thiazole rings is 1. The van der Waals surface area contributed by atoms with Gasteiger partial charge in [-0.05, 0) is 48.3 Å². The first kappa shape index (κ1) is 29.6. The van der Waals surface area contributed by atoms with Gasteiger partial charge in [0.2, 0.25) is 5.91 Å². The van der Waals surface area contributed by atoms with Crippen LogP contribution in [0.25, 0.3) is 0 Å². The molecule has 4 rings (SSSR count). The molecule has 2 aromatic carbocycles. The molecule has 1 aliphatic rings. The van der Waals surface area contributed by atoms with Gasteiger partial charge in [-0.3, -0.25) is 9.79 Å². The van der Waals surface area contributed by atoms with E-state index in [1.807, 2.05) is 60.0 Å². The molecule has 212 valence electrons. The van der Waals surface area contributed by atoms with E-state index in [0.29, 0.717) is 44.0 Å². The number of benzene rings is 2. The van der Waals surface area contributed by atoms with Gasteiger partial charge in [-0.25, -0.2) is 0 Å². The van der Waals surface area contributed by atoms with E-state index in [9.17, 15) is 18.0 Å². The van der Waals surface area contributed by atoms with Gasteiger partial charge in [-0.2, -0.15) is 0 Å². The maximum atomic E-state index is 12.6. The average Bonchev–Trinajstić information content (AvgIpc) is 3.33. The molecule has 1 atom stereocenters. The minimum atomic E-state index is -4.72. The smallest absolute Gasteiger partial charge is 0.406 e. The lowest BCUT2D eigenvalue weighted by atomic mass is 9.97. The predicted octanol–water partition coefficient (Wildman–Crippen LogP) is 6.06. The lowest BCUT2D eigenvalue weighted by Crippen LogP contribution is -2.34. The molecule has 1 amide bonds. The normalized spacial score (nSPS) is 15.7. The fourth-order valence-corrected chi connectivity index (χ4v) is 5.32. The Morgan fingerprint density at radius 3 is 2.60 bits per heavy atom. The molecule has 11 heteroatoms. The minimum absolute atomic E-state index is 0.0864. The summed E-state index contributed by atoms with van der Waals surface area (Å²) in [5.41, 5.74) is 3.07. The molecule has 0 fully saturated rings. The standard InChI is InChI=1S/C29H30ClF3N4O2S/c30-24-11-7-22(8-12-24)18-36-28-37(16-4-15-35-27(38)19-34-17-21-5-2-1-3-6-21)26(20-40-28)23-9-13-25(14-10-23)39-29(31,32)33/h1-3,5-9,11-14,20,23,34H,4,10,15-19H2,(H,35,38)/b36-28-. The first-order valence-electron chi connectivity index (χ1n) is 12.9. The number of hydrogen-bond donors (Lipinski definition) is 2. The number of carbonyl (C=O) groups is 1. The van der Waals surface area contributed by atoms with E-state index < -0.39 is 6.36 Å². The highest BCUT2D eigenvalue weighted by Crippen LogP contribution is 2.30. The molecule has 0 spiro atoms. The second kappa shape index (κ2) is 14.3. The number of alkyl halides is 3.